The van der Waals surface area contributed by atoms with Crippen LogP contribution in [0.25, 0.3) is 0 Å². The van der Waals surface area contributed by atoms with E-state index in [1.54, 1.807) is 6.08 Å². The third kappa shape index (κ3) is 1.34. The van der Waals surface area contributed by atoms with Crippen molar-refractivity contribution in [2.24, 2.45) is 0 Å². The molecule has 0 saturated carbocycles. The summed E-state index contributed by atoms with van der Waals surface area (Å²) >= 11 is 0.791. The highest BCUT2D eigenvalue weighted by Crippen LogP contribution is 2.22. The highest BCUT2D eigenvalue weighted by Gasteiger charge is 2.10. The molecule has 8 heavy (non-hydrogen) atoms. The summed E-state index contributed by atoms with van der Waals surface area (Å²) in [6.45, 7) is 0. The molecular weight excluding hydrogens is 126 g/mol. The molecule has 3 nitrogen and oxygen atoms in total. The Morgan fingerprint density at radius 1 is 1.50 bits per heavy atom. The van der Waals surface area contributed by atoms with Crippen molar-refractivity contribution in [2.75, 3.05) is 0 Å². The van der Waals surface area contributed by atoms with Gasteiger partial charge in [-0.05, 0) is 12.2 Å². The van der Waals surface area contributed by atoms with E-state index < -0.39 is 4.21 Å². The zero-order valence-corrected chi connectivity index (χ0v) is 4.84. The summed E-state index contributed by atoms with van der Waals surface area (Å²) in [6.07, 6.45) is 4.34. The Labute approximate surface area is 51.2 Å². The summed E-state index contributed by atoms with van der Waals surface area (Å²) in [6, 6.07) is 0. The first-order valence-electron chi connectivity index (χ1n) is 2.06. The summed E-state index contributed by atoms with van der Waals surface area (Å²) in [7, 11) is 0. The van der Waals surface area contributed by atoms with Gasteiger partial charge in [-0.25, -0.2) is 0 Å². The average molecular weight is 131 g/mol. The van der Waals surface area contributed by atoms with Crippen molar-refractivity contribution in [3.63, 3.8) is 0 Å². The van der Waals surface area contributed by atoms with Gasteiger partial charge in [0, 0.05) is 5.41 Å². The van der Waals surface area contributed by atoms with Gasteiger partial charge in [0.25, 0.3) is 0 Å². The van der Waals surface area contributed by atoms with Crippen LogP contribution in [-0.2, 0) is 0 Å². The summed E-state index contributed by atoms with van der Waals surface area (Å²) < 4.78 is -1.35. The van der Waals surface area contributed by atoms with E-state index in [0.29, 0.717) is 0 Å². The fourth-order valence-corrected chi connectivity index (χ4v) is 0.837. The Morgan fingerprint density at radius 2 is 2.25 bits per heavy atom. The average Bonchev–Trinajstić information content (AvgIpc) is 1.65. The highest BCUT2D eigenvalue weighted by atomic mass is 32.2. The van der Waals surface area contributed by atoms with Crippen molar-refractivity contribution in [3.8, 4) is 0 Å². The maximum Gasteiger partial charge on any atom is 0.146 e. The topological polar surface area (TPSA) is 43.3 Å². The van der Waals surface area contributed by atoms with E-state index in [-0.39, 0.29) is 0 Å². The first kappa shape index (κ1) is 5.84. The lowest BCUT2D eigenvalue weighted by molar-refractivity contribution is -0.905. The standard InChI is InChI=1S/C4H5NO2S/c6-5(7)3-1-2-4-8-5/h1-4,6H. The van der Waals surface area contributed by atoms with Gasteiger partial charge in [-0.2, -0.15) is 5.21 Å². The fourth-order valence-electron chi connectivity index (χ4n) is 0.361. The number of nitrogens with zero attached hydrogens (tertiary/aromatic N) is 1. The SMILES string of the molecule is [O-][N+]1(O)C=CC=CS1. The van der Waals surface area contributed by atoms with Crippen LogP contribution in [0.2, 0.25) is 0 Å². The van der Waals surface area contributed by atoms with E-state index in [1.807, 2.05) is 0 Å². The largest absolute Gasteiger partial charge is 0.581 e. The summed E-state index contributed by atoms with van der Waals surface area (Å²) in [5, 5.41) is 20.6. The number of hydrogen-bond donors (Lipinski definition) is 1. The Kier molecular flexibility index (Phi) is 1.39. The zero-order valence-electron chi connectivity index (χ0n) is 4.02. The first-order valence-corrected chi connectivity index (χ1v) is 2.90. The lowest BCUT2D eigenvalue weighted by Gasteiger charge is -2.25. The van der Waals surface area contributed by atoms with Crippen molar-refractivity contribution in [1.29, 1.82) is 0 Å². The molecule has 1 aliphatic heterocycles. The van der Waals surface area contributed by atoms with E-state index >= 15 is 0 Å². The second kappa shape index (κ2) is 1.91. The van der Waals surface area contributed by atoms with E-state index in [0.717, 1.165) is 18.1 Å². The van der Waals surface area contributed by atoms with E-state index in [9.17, 15) is 5.21 Å². The summed E-state index contributed by atoms with van der Waals surface area (Å²) in [5.74, 6) is 0. The highest BCUT2D eigenvalue weighted by molar-refractivity contribution is 7.96. The second-order valence-electron chi connectivity index (χ2n) is 1.34. The molecule has 1 aliphatic rings. The van der Waals surface area contributed by atoms with E-state index in [4.69, 9.17) is 5.21 Å². The van der Waals surface area contributed by atoms with Gasteiger partial charge >= 0.3 is 0 Å². The molecule has 4 heteroatoms. The monoisotopic (exact) mass is 131 g/mol. The number of rotatable bonds is 0. The minimum Gasteiger partial charge on any atom is -0.581 e. The lowest BCUT2D eigenvalue weighted by Crippen LogP contribution is -2.21. The zero-order chi connectivity index (χ0) is 6.04. The van der Waals surface area contributed by atoms with Gasteiger partial charge in [0.1, 0.15) is 18.1 Å². The maximum atomic E-state index is 10.4. The van der Waals surface area contributed by atoms with Crippen molar-refractivity contribution >= 4 is 11.9 Å². The molecule has 1 heterocycles. The molecule has 1 atom stereocenters. The van der Waals surface area contributed by atoms with Crippen molar-refractivity contribution < 1.29 is 9.42 Å². The smallest absolute Gasteiger partial charge is 0.146 e. The molecule has 0 aliphatic carbocycles. The van der Waals surface area contributed by atoms with Crippen molar-refractivity contribution in [2.45, 2.75) is 0 Å². The molecule has 0 radical (unpaired) electrons. The molecule has 0 amide bonds. The van der Waals surface area contributed by atoms with Gasteiger partial charge in [-0.3, -0.25) is 0 Å². The van der Waals surface area contributed by atoms with Crippen LogP contribution >= 0.6 is 11.9 Å². The molecule has 1 N–H and O–H groups in total. The Balaban J connectivity index is 2.65. The molecule has 0 aromatic carbocycles. The maximum absolute atomic E-state index is 10.4. The van der Waals surface area contributed by atoms with Gasteiger partial charge in [0.05, 0.1) is 0 Å². The van der Waals surface area contributed by atoms with Crippen LogP contribution in [-0.4, -0.2) is 9.42 Å². The van der Waals surface area contributed by atoms with Crippen LogP contribution in [0.4, 0.5) is 0 Å². The van der Waals surface area contributed by atoms with Crippen LogP contribution in [0.3, 0.4) is 0 Å². The Hall–Kier alpha value is -0.290. The second-order valence-corrected chi connectivity index (χ2v) is 2.35. The van der Waals surface area contributed by atoms with E-state index in [1.165, 1.54) is 11.5 Å². The first-order chi connectivity index (χ1) is 3.71. The van der Waals surface area contributed by atoms with Crippen LogP contribution in [0.15, 0.2) is 23.8 Å². The normalized spacial score (nSPS) is 35.8. The van der Waals surface area contributed by atoms with Crippen molar-refractivity contribution in [1.82, 2.24) is 0 Å². The molecule has 0 aromatic heterocycles. The third-order valence-corrected chi connectivity index (χ3v) is 1.38. The number of allylic oxidation sites excluding steroid dienone is 2. The number of quaternary nitrogens is 1. The third-order valence-electron chi connectivity index (χ3n) is 0.676. The molecule has 1 rings (SSSR count). The van der Waals surface area contributed by atoms with Crippen LogP contribution in [0, 0.1) is 5.21 Å². The van der Waals surface area contributed by atoms with Crippen LogP contribution < -0.4 is 0 Å². The Morgan fingerprint density at radius 3 is 2.50 bits per heavy atom. The summed E-state index contributed by atoms with van der Waals surface area (Å²) in [4.78, 5) is 0. The van der Waals surface area contributed by atoms with Gasteiger partial charge in [0.15, 0.2) is 0 Å². The molecule has 0 spiro atoms. The predicted octanol–water partition coefficient (Wildman–Crippen LogP) is 1.38. The molecule has 0 saturated heterocycles. The van der Waals surface area contributed by atoms with Crippen LogP contribution in [0.1, 0.15) is 0 Å². The van der Waals surface area contributed by atoms with Gasteiger partial charge in [-0.15, -0.1) is 4.21 Å². The summed E-state index contributed by atoms with van der Waals surface area (Å²) in [5.41, 5.74) is 0. The molecule has 44 valence electrons. The predicted molar refractivity (Wildman–Crippen MR) is 31.3 cm³/mol. The molecule has 0 fully saturated rings. The molecule has 0 aromatic rings. The fraction of sp³-hybridized carbons (Fsp3) is 0. The Bertz CT molecular complexity index is 141. The number of hydrogen-bond acceptors (Lipinski definition) is 3. The molecule has 0 bridgehead atoms. The molecule has 1 unspecified atom stereocenters. The van der Waals surface area contributed by atoms with Crippen molar-refractivity contribution in [3.05, 3.63) is 29.0 Å². The molecular formula is C4H5NO2S. The van der Waals surface area contributed by atoms with E-state index in [2.05, 4.69) is 0 Å². The minimum absolute atomic E-state index is 0.791. The van der Waals surface area contributed by atoms with Gasteiger partial charge < -0.3 is 5.21 Å². The minimum atomic E-state index is -1.35. The quantitative estimate of drug-likeness (QED) is 0.307. The van der Waals surface area contributed by atoms with Gasteiger partial charge in [-0.1, -0.05) is 0 Å². The van der Waals surface area contributed by atoms with Gasteiger partial charge in [0.2, 0.25) is 0 Å². The van der Waals surface area contributed by atoms with Crippen LogP contribution in [0.5, 0.6) is 0 Å². The lowest BCUT2D eigenvalue weighted by atomic mass is 10.6. The number of hydroxylamine groups is 2.